The molecule has 0 saturated heterocycles. The maximum Gasteiger partial charge on any atom is 0.223 e. The Kier molecular flexibility index (Phi) is 31.0. The molecule has 0 aliphatic heterocycles. The van der Waals surface area contributed by atoms with E-state index in [1.165, 1.54) is 0 Å². The molecule has 334 valence electrons. The summed E-state index contributed by atoms with van der Waals surface area (Å²) in [6.45, 7) is 4.74. The van der Waals surface area contributed by atoms with E-state index < -0.39 is 12.0 Å². The van der Waals surface area contributed by atoms with E-state index in [2.05, 4.69) is 33.7 Å². The molecule has 1 rings (SSSR count). The number of ketones is 1. The third kappa shape index (κ3) is 27.5. The highest BCUT2D eigenvalue weighted by Crippen LogP contribution is 2.50. The summed E-state index contributed by atoms with van der Waals surface area (Å²) in [4.78, 5) is 64.1. The fourth-order valence-corrected chi connectivity index (χ4v) is 7.27. The van der Waals surface area contributed by atoms with Crippen molar-refractivity contribution in [1.29, 1.82) is 0 Å². The van der Waals surface area contributed by atoms with Crippen LogP contribution in [0.2, 0.25) is 0 Å². The minimum atomic E-state index is -2.96. The summed E-state index contributed by atoms with van der Waals surface area (Å²) in [6.07, 6.45) is 18.9. The van der Waals surface area contributed by atoms with E-state index in [0.717, 1.165) is 0 Å². The second kappa shape index (κ2) is 33.8. The molecule has 0 spiro atoms. The van der Waals surface area contributed by atoms with Crippen LogP contribution < -0.4 is 16.0 Å². The van der Waals surface area contributed by atoms with Crippen LogP contribution in [0.25, 0.3) is 0 Å². The molecule has 3 amide bonds. The number of carbonyl (C=O) groups is 4. The smallest absolute Gasteiger partial charge is 0.223 e. The Balaban J connectivity index is 3.05. The van der Waals surface area contributed by atoms with Gasteiger partial charge in [-0.2, -0.15) is 0 Å². The summed E-state index contributed by atoms with van der Waals surface area (Å²) < 4.78 is 38.0. The maximum atomic E-state index is 14.0. The van der Waals surface area contributed by atoms with E-state index in [4.69, 9.17) is 64.0 Å². The quantitative estimate of drug-likeness (QED) is 0.0409. The third-order valence-corrected chi connectivity index (χ3v) is 12.9. The second-order valence-corrected chi connectivity index (χ2v) is 18.4. The molecule has 1 unspecified atom stereocenters. The Bertz CT molecular complexity index is 1280. The van der Waals surface area contributed by atoms with Gasteiger partial charge in [0.05, 0.1) is 59.0 Å². The van der Waals surface area contributed by atoms with Gasteiger partial charge in [0.15, 0.2) is 6.49 Å². The van der Waals surface area contributed by atoms with Gasteiger partial charge in [0.2, 0.25) is 17.7 Å². The van der Waals surface area contributed by atoms with E-state index in [-0.39, 0.29) is 132 Å². The summed E-state index contributed by atoms with van der Waals surface area (Å²) in [5.74, 6) is 6.01. The van der Waals surface area contributed by atoms with Crippen LogP contribution in [0.5, 0.6) is 0 Å². The average molecular weight is 870 g/mol. The van der Waals surface area contributed by atoms with Crippen LogP contribution in [0.1, 0.15) is 90.9 Å². The van der Waals surface area contributed by atoms with Gasteiger partial charge >= 0.3 is 0 Å². The van der Waals surface area contributed by atoms with Gasteiger partial charge in [-0.1, -0.05) is 31.6 Å². The lowest BCUT2D eigenvalue weighted by Crippen LogP contribution is -2.52. The predicted molar refractivity (Wildman–Crippen MR) is 229 cm³/mol. The summed E-state index contributed by atoms with van der Waals surface area (Å²) in [5.41, 5.74) is -1.24. The van der Waals surface area contributed by atoms with Gasteiger partial charge in [-0.25, -0.2) is 0 Å². The van der Waals surface area contributed by atoms with E-state index in [0.29, 0.717) is 78.4 Å². The SMILES string of the molecule is C#CCOCCOCCCC(=O)CCC(CCC(=O)NCCOCCOCC#C)(CCC(=O)NCCOCCOCC#C)NC(=O)C1CCC(OP(O)(=S)C(C)C)CC1. The first kappa shape index (κ1) is 54.1. The van der Waals surface area contributed by atoms with Gasteiger partial charge in [0.25, 0.3) is 0 Å². The van der Waals surface area contributed by atoms with Gasteiger partial charge in [-0.3, -0.25) is 19.2 Å². The van der Waals surface area contributed by atoms with Gasteiger partial charge in [0, 0.05) is 62.5 Å². The molecule has 0 bridgehead atoms. The van der Waals surface area contributed by atoms with Crippen LogP contribution in [0.15, 0.2) is 0 Å². The van der Waals surface area contributed by atoms with Crippen molar-refractivity contribution in [2.45, 2.75) is 108 Å². The molecule has 0 aromatic carbocycles. The number of terminal acetylenes is 3. The minimum absolute atomic E-state index is 0.0287. The molecule has 17 heteroatoms. The number of nitrogens with one attached hydrogen (secondary N) is 3. The van der Waals surface area contributed by atoms with Crippen molar-refractivity contribution in [2.24, 2.45) is 5.92 Å². The lowest BCUT2D eigenvalue weighted by molar-refractivity contribution is -0.131. The monoisotopic (exact) mass is 869 g/mol. The molecule has 0 aromatic heterocycles. The van der Waals surface area contributed by atoms with Crippen molar-refractivity contribution in [2.75, 3.05) is 92.4 Å². The van der Waals surface area contributed by atoms with Crippen LogP contribution in [0.4, 0.5) is 0 Å². The normalized spacial score (nSPS) is 16.3. The summed E-state index contributed by atoms with van der Waals surface area (Å²) in [5, 5.41) is 8.93. The van der Waals surface area contributed by atoms with E-state index in [1.807, 2.05) is 13.8 Å². The number of carbonyl (C=O) groups excluding carboxylic acids is 4. The van der Waals surface area contributed by atoms with Gasteiger partial charge < -0.3 is 53.8 Å². The van der Waals surface area contributed by atoms with Crippen molar-refractivity contribution < 1.29 is 57.0 Å². The van der Waals surface area contributed by atoms with Crippen LogP contribution in [0.3, 0.4) is 0 Å². The predicted octanol–water partition coefficient (Wildman–Crippen LogP) is 3.05. The zero-order valence-corrected chi connectivity index (χ0v) is 36.9. The number of amides is 3. The van der Waals surface area contributed by atoms with Gasteiger partial charge in [-0.15, -0.1) is 19.3 Å². The van der Waals surface area contributed by atoms with Crippen LogP contribution in [-0.2, 0) is 63.9 Å². The number of hydrogen-bond acceptors (Lipinski definition) is 12. The summed E-state index contributed by atoms with van der Waals surface area (Å²) in [6, 6.07) is 0. The molecular formula is C42H68N3O12PS. The van der Waals surface area contributed by atoms with Crippen molar-refractivity contribution in [1.82, 2.24) is 16.0 Å². The van der Waals surface area contributed by atoms with E-state index >= 15 is 0 Å². The van der Waals surface area contributed by atoms with Crippen molar-refractivity contribution in [3.05, 3.63) is 0 Å². The number of hydrogen-bond donors (Lipinski definition) is 4. The molecule has 0 radical (unpaired) electrons. The maximum absolute atomic E-state index is 14.0. The molecule has 1 saturated carbocycles. The van der Waals surface area contributed by atoms with Crippen LogP contribution in [0, 0.1) is 42.9 Å². The second-order valence-electron chi connectivity index (χ2n) is 14.5. The molecule has 15 nitrogen and oxygen atoms in total. The number of ether oxygens (including phenoxy) is 6. The largest absolute Gasteiger partial charge is 0.379 e. The lowest BCUT2D eigenvalue weighted by atomic mass is 9.80. The first-order valence-electron chi connectivity index (χ1n) is 20.5. The zero-order chi connectivity index (χ0) is 43.6. The Labute approximate surface area is 357 Å². The molecule has 1 fully saturated rings. The Morgan fingerprint density at radius 3 is 1.58 bits per heavy atom. The van der Waals surface area contributed by atoms with Gasteiger partial charge in [-0.05, 0) is 63.2 Å². The Hall–Kier alpha value is -2.91. The third-order valence-electron chi connectivity index (χ3n) is 9.48. The van der Waals surface area contributed by atoms with Crippen LogP contribution in [-0.4, -0.2) is 138 Å². The van der Waals surface area contributed by atoms with Crippen molar-refractivity contribution in [3.8, 4) is 37.0 Å². The van der Waals surface area contributed by atoms with E-state index in [1.54, 1.807) is 0 Å². The Morgan fingerprint density at radius 1 is 0.678 bits per heavy atom. The minimum Gasteiger partial charge on any atom is -0.379 e. The standard InChI is InChI=1S/C42H68N3O12PS/c1-6-23-51-29-32-54-26-9-10-37(46)15-18-42(19-16-39(47)43-21-27-55-33-30-52-24-7-2,20-17-40(48)44-22-28-56-34-31-53-25-8-3)45-41(49)36-11-13-38(14-12-36)57-58(50,59)35(4)5/h1-3,35-36,38H,9-34H2,4-5H3,(H,43,47)(H,44,48)(H,45,49)(H,50,59). The molecule has 1 aliphatic rings. The highest BCUT2D eigenvalue weighted by Gasteiger charge is 2.37. The molecule has 1 atom stereocenters. The summed E-state index contributed by atoms with van der Waals surface area (Å²) >= 11 is 5.35. The molecule has 4 N–H and O–H groups in total. The lowest BCUT2D eigenvalue weighted by Gasteiger charge is -2.38. The Morgan fingerprint density at radius 2 is 1.12 bits per heavy atom. The fourth-order valence-electron chi connectivity index (χ4n) is 6.03. The number of Topliss-reactive ketones (excluding diaryl/α,β-unsaturated/α-hetero) is 1. The molecular weight excluding hydrogens is 802 g/mol. The first-order chi connectivity index (χ1) is 28.4. The van der Waals surface area contributed by atoms with Crippen LogP contribution >= 0.6 is 6.49 Å². The van der Waals surface area contributed by atoms with Crippen molar-refractivity contribution in [3.63, 3.8) is 0 Å². The fraction of sp³-hybridized carbons (Fsp3) is 0.762. The van der Waals surface area contributed by atoms with Gasteiger partial charge in [0.1, 0.15) is 25.6 Å². The first-order valence-corrected chi connectivity index (χ1v) is 23.3. The van der Waals surface area contributed by atoms with E-state index in [9.17, 15) is 24.1 Å². The van der Waals surface area contributed by atoms with Crippen molar-refractivity contribution >= 4 is 41.8 Å². The summed E-state index contributed by atoms with van der Waals surface area (Å²) in [7, 11) is 0. The molecule has 59 heavy (non-hydrogen) atoms. The zero-order valence-electron chi connectivity index (χ0n) is 35.1. The molecule has 1 aliphatic carbocycles. The molecule has 0 heterocycles. The highest BCUT2D eigenvalue weighted by atomic mass is 32.5. The average Bonchev–Trinajstić information content (AvgIpc) is 3.21. The number of rotatable bonds is 36. The highest BCUT2D eigenvalue weighted by molar-refractivity contribution is 8.09. The molecule has 0 aromatic rings. The topological polar surface area (TPSA) is 189 Å².